The van der Waals surface area contributed by atoms with Gasteiger partial charge in [0.25, 0.3) is 0 Å². The Morgan fingerprint density at radius 1 is 1.30 bits per heavy atom. The maximum atomic E-state index is 9.61. The number of nitrogens with zero attached hydrogens (tertiary/aromatic N) is 1. The first-order valence-corrected chi connectivity index (χ1v) is 8.03. The average molecular weight is 274 g/mol. The molecule has 2 N–H and O–H groups in total. The van der Waals surface area contributed by atoms with Crippen molar-refractivity contribution in [3.05, 3.63) is 29.3 Å². The van der Waals surface area contributed by atoms with E-state index in [0.29, 0.717) is 17.8 Å². The second-order valence-corrected chi connectivity index (χ2v) is 6.33. The van der Waals surface area contributed by atoms with Gasteiger partial charge in [0.05, 0.1) is 0 Å². The molecule has 1 aliphatic heterocycles. The van der Waals surface area contributed by atoms with Crippen LogP contribution in [0.25, 0.3) is 0 Å². The quantitative estimate of drug-likeness (QED) is 0.886. The molecule has 2 unspecified atom stereocenters. The van der Waals surface area contributed by atoms with E-state index in [0.717, 1.165) is 13.0 Å². The number of hydrogen-bond donors (Lipinski definition) is 2. The summed E-state index contributed by atoms with van der Waals surface area (Å²) < 4.78 is 0. The van der Waals surface area contributed by atoms with Gasteiger partial charge in [-0.15, -0.1) is 0 Å². The second-order valence-electron chi connectivity index (χ2n) is 6.33. The molecule has 2 aliphatic rings. The standard InChI is InChI=1S/C17H26N2O/c1-13(19-9-2-3-10-19)12-18-17-6-4-5-14-11-15(20)7-8-16(14)17/h7-8,11,13,17-18,20H,2-6,9-10,12H2,1H3. The first kappa shape index (κ1) is 13.9. The Kier molecular flexibility index (Phi) is 4.27. The number of hydrogen-bond acceptors (Lipinski definition) is 3. The van der Waals surface area contributed by atoms with Gasteiger partial charge in [0.15, 0.2) is 0 Å². The van der Waals surface area contributed by atoms with Gasteiger partial charge in [0.2, 0.25) is 0 Å². The molecular weight excluding hydrogens is 248 g/mol. The first-order chi connectivity index (χ1) is 9.74. The van der Waals surface area contributed by atoms with E-state index in [2.05, 4.69) is 23.2 Å². The molecule has 0 amide bonds. The van der Waals surface area contributed by atoms with Crippen molar-refractivity contribution in [2.45, 2.75) is 51.1 Å². The van der Waals surface area contributed by atoms with Crippen molar-refractivity contribution in [3.8, 4) is 5.75 Å². The predicted octanol–water partition coefficient (Wildman–Crippen LogP) is 2.84. The summed E-state index contributed by atoms with van der Waals surface area (Å²) in [5.41, 5.74) is 2.71. The highest BCUT2D eigenvalue weighted by molar-refractivity contribution is 5.38. The smallest absolute Gasteiger partial charge is 0.115 e. The molecule has 1 aliphatic carbocycles. The maximum absolute atomic E-state index is 9.61. The molecule has 1 saturated heterocycles. The van der Waals surface area contributed by atoms with E-state index in [1.807, 2.05) is 12.1 Å². The van der Waals surface area contributed by atoms with Crippen LogP contribution in [0.2, 0.25) is 0 Å². The molecule has 0 spiro atoms. The van der Waals surface area contributed by atoms with E-state index in [-0.39, 0.29) is 0 Å². The number of likely N-dealkylation sites (tertiary alicyclic amines) is 1. The summed E-state index contributed by atoms with van der Waals surface area (Å²) in [6.45, 7) is 5.92. The summed E-state index contributed by atoms with van der Waals surface area (Å²) in [6, 6.07) is 6.95. The molecule has 3 rings (SSSR count). The van der Waals surface area contributed by atoms with Gasteiger partial charge >= 0.3 is 0 Å². The second kappa shape index (κ2) is 6.15. The normalized spacial score (nSPS) is 24.6. The van der Waals surface area contributed by atoms with Crippen LogP contribution in [-0.2, 0) is 6.42 Å². The molecule has 2 atom stereocenters. The number of phenols is 1. The van der Waals surface area contributed by atoms with Crippen molar-refractivity contribution in [3.63, 3.8) is 0 Å². The number of fused-ring (bicyclic) bond motifs is 1. The molecule has 1 aromatic carbocycles. The number of nitrogens with one attached hydrogen (secondary N) is 1. The lowest BCUT2D eigenvalue weighted by Gasteiger charge is -2.30. The molecule has 3 nitrogen and oxygen atoms in total. The highest BCUT2D eigenvalue weighted by Crippen LogP contribution is 2.31. The Morgan fingerprint density at radius 3 is 2.90 bits per heavy atom. The SMILES string of the molecule is CC(CNC1CCCc2cc(O)ccc21)N1CCCC1. The van der Waals surface area contributed by atoms with Gasteiger partial charge in [-0.2, -0.15) is 0 Å². The Labute approximate surface area is 122 Å². The number of rotatable bonds is 4. The molecule has 0 aromatic heterocycles. The lowest BCUT2D eigenvalue weighted by atomic mass is 9.87. The minimum atomic E-state index is 0.398. The zero-order valence-corrected chi connectivity index (χ0v) is 12.4. The van der Waals surface area contributed by atoms with Crippen molar-refractivity contribution in [2.75, 3.05) is 19.6 Å². The third-order valence-corrected chi connectivity index (χ3v) is 4.86. The van der Waals surface area contributed by atoms with Gasteiger partial charge in [0, 0.05) is 18.6 Å². The minimum absolute atomic E-state index is 0.398. The summed E-state index contributed by atoms with van der Waals surface area (Å²) in [7, 11) is 0. The lowest BCUT2D eigenvalue weighted by molar-refractivity contribution is 0.243. The van der Waals surface area contributed by atoms with Crippen LogP contribution in [0.15, 0.2) is 18.2 Å². The fourth-order valence-electron chi connectivity index (χ4n) is 3.64. The Hall–Kier alpha value is -1.06. The number of aryl methyl sites for hydroxylation is 1. The van der Waals surface area contributed by atoms with E-state index < -0.39 is 0 Å². The molecule has 110 valence electrons. The topological polar surface area (TPSA) is 35.5 Å². The van der Waals surface area contributed by atoms with Crippen LogP contribution < -0.4 is 5.32 Å². The van der Waals surface area contributed by atoms with Crippen molar-refractivity contribution in [2.24, 2.45) is 0 Å². The molecule has 20 heavy (non-hydrogen) atoms. The van der Waals surface area contributed by atoms with Crippen molar-refractivity contribution < 1.29 is 5.11 Å². The largest absolute Gasteiger partial charge is 0.508 e. The molecule has 0 bridgehead atoms. The highest BCUT2D eigenvalue weighted by Gasteiger charge is 2.22. The van der Waals surface area contributed by atoms with Crippen LogP contribution in [0, 0.1) is 0 Å². The van der Waals surface area contributed by atoms with E-state index in [4.69, 9.17) is 0 Å². The van der Waals surface area contributed by atoms with Crippen molar-refractivity contribution in [1.82, 2.24) is 10.2 Å². The van der Waals surface area contributed by atoms with Gasteiger partial charge in [-0.05, 0) is 75.4 Å². The Bertz CT molecular complexity index is 454. The van der Waals surface area contributed by atoms with Crippen molar-refractivity contribution >= 4 is 0 Å². The third kappa shape index (κ3) is 2.99. The molecule has 3 heteroatoms. The number of phenolic OH excluding ortho intramolecular Hbond substituents is 1. The summed E-state index contributed by atoms with van der Waals surface area (Å²) in [6.07, 6.45) is 6.24. The van der Waals surface area contributed by atoms with E-state index in [9.17, 15) is 5.11 Å². The number of aromatic hydroxyl groups is 1. The fourth-order valence-corrected chi connectivity index (χ4v) is 3.64. The van der Waals surface area contributed by atoms with Gasteiger partial charge in [-0.25, -0.2) is 0 Å². The zero-order chi connectivity index (χ0) is 13.9. The predicted molar refractivity (Wildman–Crippen MR) is 82.1 cm³/mol. The summed E-state index contributed by atoms with van der Waals surface area (Å²) >= 11 is 0. The van der Waals surface area contributed by atoms with Crippen LogP contribution >= 0.6 is 0 Å². The molecular formula is C17H26N2O. The zero-order valence-electron chi connectivity index (χ0n) is 12.4. The van der Waals surface area contributed by atoms with Crippen LogP contribution in [0.5, 0.6) is 5.75 Å². The lowest BCUT2D eigenvalue weighted by Crippen LogP contribution is -2.40. The maximum Gasteiger partial charge on any atom is 0.115 e. The third-order valence-electron chi connectivity index (χ3n) is 4.86. The molecule has 0 radical (unpaired) electrons. The summed E-state index contributed by atoms with van der Waals surface area (Å²) in [4.78, 5) is 2.59. The Balaban J connectivity index is 1.61. The van der Waals surface area contributed by atoms with Gasteiger partial charge < -0.3 is 10.4 Å². The van der Waals surface area contributed by atoms with Gasteiger partial charge in [-0.3, -0.25) is 4.90 Å². The van der Waals surface area contributed by atoms with E-state index >= 15 is 0 Å². The van der Waals surface area contributed by atoms with Crippen molar-refractivity contribution in [1.29, 1.82) is 0 Å². The highest BCUT2D eigenvalue weighted by atomic mass is 16.3. The molecule has 1 aromatic rings. The molecule has 1 fully saturated rings. The van der Waals surface area contributed by atoms with Crippen LogP contribution in [0.1, 0.15) is 49.8 Å². The average Bonchev–Trinajstić information content (AvgIpc) is 2.98. The first-order valence-electron chi connectivity index (χ1n) is 8.03. The van der Waals surface area contributed by atoms with E-state index in [1.165, 1.54) is 49.9 Å². The van der Waals surface area contributed by atoms with Gasteiger partial charge in [0.1, 0.15) is 5.75 Å². The summed E-state index contributed by atoms with van der Waals surface area (Å²) in [5, 5.41) is 13.4. The monoisotopic (exact) mass is 274 g/mol. The van der Waals surface area contributed by atoms with Crippen LogP contribution in [0.4, 0.5) is 0 Å². The Morgan fingerprint density at radius 2 is 2.10 bits per heavy atom. The molecule has 0 saturated carbocycles. The number of benzene rings is 1. The van der Waals surface area contributed by atoms with E-state index in [1.54, 1.807) is 0 Å². The summed E-state index contributed by atoms with van der Waals surface area (Å²) in [5.74, 6) is 0.398. The van der Waals surface area contributed by atoms with Gasteiger partial charge in [-0.1, -0.05) is 6.07 Å². The molecule has 1 heterocycles. The fraction of sp³-hybridized carbons (Fsp3) is 0.647. The minimum Gasteiger partial charge on any atom is -0.508 e. The van der Waals surface area contributed by atoms with Crippen LogP contribution in [-0.4, -0.2) is 35.7 Å². The van der Waals surface area contributed by atoms with Crippen LogP contribution in [0.3, 0.4) is 0 Å².